The van der Waals surface area contributed by atoms with Gasteiger partial charge in [0, 0.05) is 31.1 Å². The Bertz CT molecular complexity index is 576. The van der Waals surface area contributed by atoms with Crippen molar-refractivity contribution in [2.45, 2.75) is 31.8 Å². The lowest BCUT2D eigenvalue weighted by Crippen LogP contribution is -2.14. The molecule has 0 spiro atoms. The van der Waals surface area contributed by atoms with E-state index >= 15 is 0 Å². The summed E-state index contributed by atoms with van der Waals surface area (Å²) in [6, 6.07) is 3.71. The van der Waals surface area contributed by atoms with Gasteiger partial charge in [-0.3, -0.25) is 0 Å². The Morgan fingerprint density at radius 3 is 3.00 bits per heavy atom. The number of aliphatic hydroxyl groups is 1. The van der Waals surface area contributed by atoms with Crippen molar-refractivity contribution < 1.29 is 5.11 Å². The van der Waals surface area contributed by atoms with Gasteiger partial charge in [0.25, 0.3) is 0 Å². The van der Waals surface area contributed by atoms with Crippen LogP contribution in [0.5, 0.6) is 0 Å². The highest BCUT2D eigenvalue weighted by Gasteiger charge is 2.39. The lowest BCUT2D eigenvalue weighted by molar-refractivity contribution is 0.144. The first-order valence-corrected chi connectivity index (χ1v) is 6.47. The molecule has 6 nitrogen and oxygen atoms in total. The van der Waals surface area contributed by atoms with Gasteiger partial charge in [-0.15, -0.1) is 5.10 Å². The smallest absolute Gasteiger partial charge is 0.157 e. The second-order valence-electron chi connectivity index (χ2n) is 5.01. The van der Waals surface area contributed by atoms with E-state index in [1.165, 1.54) is 0 Å². The van der Waals surface area contributed by atoms with Crippen LogP contribution < -0.4 is 5.32 Å². The standard InChI is InChI=1S/C13H17N5O/c1-10-14-7-2-12(16-10)18-9-3-11(17-18)15-8-6-13(19)4-5-13/h2-3,7,9,19H,4-6,8H2,1H3,(H,15,17). The quantitative estimate of drug-likeness (QED) is 0.846. The van der Waals surface area contributed by atoms with Crippen molar-refractivity contribution in [3.8, 4) is 5.82 Å². The Labute approximate surface area is 111 Å². The summed E-state index contributed by atoms with van der Waals surface area (Å²) in [5, 5.41) is 17.3. The monoisotopic (exact) mass is 259 g/mol. The number of rotatable bonds is 5. The molecule has 0 radical (unpaired) electrons. The average molecular weight is 259 g/mol. The number of aryl methyl sites for hydroxylation is 1. The van der Waals surface area contributed by atoms with Crippen LogP contribution in [0.25, 0.3) is 5.82 Å². The fraction of sp³-hybridized carbons (Fsp3) is 0.462. The summed E-state index contributed by atoms with van der Waals surface area (Å²) in [7, 11) is 0. The predicted octanol–water partition coefficient (Wildman–Crippen LogP) is 1.30. The number of hydrogen-bond acceptors (Lipinski definition) is 5. The minimum atomic E-state index is -0.417. The first-order chi connectivity index (χ1) is 9.15. The number of aromatic nitrogens is 4. The second-order valence-corrected chi connectivity index (χ2v) is 5.01. The molecular formula is C13H17N5O. The maximum Gasteiger partial charge on any atom is 0.157 e. The van der Waals surface area contributed by atoms with Gasteiger partial charge in [0.15, 0.2) is 5.82 Å². The molecule has 100 valence electrons. The van der Waals surface area contributed by atoms with Gasteiger partial charge in [0.2, 0.25) is 0 Å². The Morgan fingerprint density at radius 2 is 2.26 bits per heavy atom. The van der Waals surface area contributed by atoms with E-state index in [-0.39, 0.29) is 0 Å². The van der Waals surface area contributed by atoms with Crippen molar-refractivity contribution in [2.24, 2.45) is 0 Å². The van der Waals surface area contributed by atoms with E-state index in [1.807, 2.05) is 25.3 Å². The summed E-state index contributed by atoms with van der Waals surface area (Å²) in [5.41, 5.74) is -0.417. The maximum atomic E-state index is 9.74. The van der Waals surface area contributed by atoms with Gasteiger partial charge in [-0.25, -0.2) is 14.6 Å². The molecule has 2 heterocycles. The third-order valence-electron chi connectivity index (χ3n) is 3.31. The zero-order chi connectivity index (χ0) is 13.3. The van der Waals surface area contributed by atoms with E-state index in [4.69, 9.17) is 0 Å². The fourth-order valence-electron chi connectivity index (χ4n) is 1.93. The normalized spacial score (nSPS) is 16.3. The van der Waals surface area contributed by atoms with Gasteiger partial charge < -0.3 is 10.4 Å². The number of nitrogens with zero attached hydrogens (tertiary/aromatic N) is 4. The Morgan fingerprint density at radius 1 is 1.42 bits per heavy atom. The average Bonchev–Trinajstić information content (AvgIpc) is 2.93. The minimum Gasteiger partial charge on any atom is -0.390 e. The van der Waals surface area contributed by atoms with Crippen molar-refractivity contribution in [3.63, 3.8) is 0 Å². The van der Waals surface area contributed by atoms with Crippen molar-refractivity contribution in [2.75, 3.05) is 11.9 Å². The molecule has 0 unspecified atom stereocenters. The van der Waals surface area contributed by atoms with Crippen LogP contribution in [0.4, 0.5) is 5.82 Å². The van der Waals surface area contributed by atoms with E-state index < -0.39 is 5.60 Å². The summed E-state index contributed by atoms with van der Waals surface area (Å²) in [4.78, 5) is 8.37. The van der Waals surface area contributed by atoms with Crippen LogP contribution in [0.3, 0.4) is 0 Å². The molecule has 0 saturated heterocycles. The molecule has 0 amide bonds. The van der Waals surface area contributed by atoms with Crippen LogP contribution in [-0.2, 0) is 0 Å². The van der Waals surface area contributed by atoms with Gasteiger partial charge in [0.05, 0.1) is 5.60 Å². The summed E-state index contributed by atoms with van der Waals surface area (Å²) in [5.74, 6) is 2.26. The second kappa shape index (κ2) is 4.62. The molecule has 1 aliphatic carbocycles. The molecule has 6 heteroatoms. The highest BCUT2D eigenvalue weighted by Crippen LogP contribution is 2.37. The summed E-state index contributed by atoms with van der Waals surface area (Å²) >= 11 is 0. The van der Waals surface area contributed by atoms with E-state index in [1.54, 1.807) is 10.9 Å². The fourth-order valence-corrected chi connectivity index (χ4v) is 1.93. The van der Waals surface area contributed by atoms with E-state index in [0.29, 0.717) is 0 Å². The molecule has 0 bridgehead atoms. The molecule has 1 saturated carbocycles. The van der Waals surface area contributed by atoms with E-state index in [0.717, 1.165) is 43.3 Å². The summed E-state index contributed by atoms with van der Waals surface area (Å²) < 4.78 is 1.71. The van der Waals surface area contributed by atoms with Crippen molar-refractivity contribution >= 4 is 5.82 Å². The van der Waals surface area contributed by atoms with Gasteiger partial charge in [-0.2, -0.15) is 0 Å². The van der Waals surface area contributed by atoms with Gasteiger partial charge in [0.1, 0.15) is 11.6 Å². The number of anilines is 1. The first kappa shape index (κ1) is 12.1. The summed E-state index contributed by atoms with van der Waals surface area (Å²) in [6.07, 6.45) is 6.18. The lowest BCUT2D eigenvalue weighted by Gasteiger charge is -2.07. The van der Waals surface area contributed by atoms with Gasteiger partial charge in [-0.1, -0.05) is 0 Å². The molecule has 0 aliphatic heterocycles. The largest absolute Gasteiger partial charge is 0.390 e. The lowest BCUT2D eigenvalue weighted by atomic mass is 10.2. The van der Waals surface area contributed by atoms with Crippen molar-refractivity contribution in [1.29, 1.82) is 0 Å². The Kier molecular flexibility index (Phi) is 2.94. The van der Waals surface area contributed by atoms with Crippen LogP contribution >= 0.6 is 0 Å². The molecule has 1 fully saturated rings. The molecular weight excluding hydrogens is 242 g/mol. The molecule has 3 rings (SSSR count). The molecule has 0 aromatic carbocycles. The predicted molar refractivity (Wildman–Crippen MR) is 71.2 cm³/mol. The van der Waals surface area contributed by atoms with Gasteiger partial charge in [-0.05, 0) is 26.2 Å². The van der Waals surface area contributed by atoms with Crippen LogP contribution in [0, 0.1) is 6.92 Å². The topological polar surface area (TPSA) is 75.9 Å². The third-order valence-corrected chi connectivity index (χ3v) is 3.31. The van der Waals surface area contributed by atoms with Crippen LogP contribution in [0.15, 0.2) is 24.5 Å². The highest BCUT2D eigenvalue weighted by molar-refractivity contribution is 5.35. The molecule has 2 N–H and O–H groups in total. The zero-order valence-corrected chi connectivity index (χ0v) is 10.9. The number of hydrogen-bond donors (Lipinski definition) is 2. The van der Waals surface area contributed by atoms with Crippen molar-refractivity contribution in [3.05, 3.63) is 30.4 Å². The van der Waals surface area contributed by atoms with Crippen molar-refractivity contribution in [1.82, 2.24) is 19.7 Å². The first-order valence-electron chi connectivity index (χ1n) is 6.47. The zero-order valence-electron chi connectivity index (χ0n) is 10.9. The molecule has 1 aliphatic rings. The minimum absolute atomic E-state index is 0.417. The van der Waals surface area contributed by atoms with E-state index in [2.05, 4.69) is 20.4 Å². The maximum absolute atomic E-state index is 9.74. The molecule has 0 atom stereocenters. The molecule has 2 aromatic heterocycles. The SMILES string of the molecule is Cc1nccc(-n2ccc(NCCC3(O)CC3)n2)n1. The summed E-state index contributed by atoms with van der Waals surface area (Å²) in [6.45, 7) is 2.58. The van der Waals surface area contributed by atoms with E-state index in [9.17, 15) is 5.11 Å². The third kappa shape index (κ3) is 2.90. The van der Waals surface area contributed by atoms with Gasteiger partial charge >= 0.3 is 0 Å². The highest BCUT2D eigenvalue weighted by atomic mass is 16.3. The number of nitrogens with one attached hydrogen (secondary N) is 1. The van der Waals surface area contributed by atoms with Crippen LogP contribution in [0.1, 0.15) is 25.1 Å². The Balaban J connectivity index is 1.62. The Hall–Kier alpha value is -1.95. The molecule has 19 heavy (non-hydrogen) atoms. The molecule has 2 aromatic rings. The van der Waals surface area contributed by atoms with Crippen LogP contribution in [0.2, 0.25) is 0 Å². The van der Waals surface area contributed by atoms with Crippen LogP contribution in [-0.4, -0.2) is 37.0 Å².